The van der Waals surface area contributed by atoms with Crippen molar-refractivity contribution in [3.05, 3.63) is 34.9 Å². The Morgan fingerprint density at radius 2 is 2.11 bits per heavy atom. The SMILES string of the molecule is CCCCn1nnc(NC(=O)c2ccc(Cl)cc2)n1. The van der Waals surface area contributed by atoms with E-state index in [2.05, 4.69) is 27.7 Å². The standard InChI is InChI=1S/C12H14ClN5O/c1-2-3-8-18-16-12(15-17-18)14-11(19)9-4-6-10(13)7-5-9/h4-7H,2-3,8H2,1H3,(H,14,16,19). The zero-order valence-electron chi connectivity index (χ0n) is 10.5. The van der Waals surface area contributed by atoms with E-state index in [4.69, 9.17) is 11.6 Å². The van der Waals surface area contributed by atoms with E-state index in [1.54, 1.807) is 24.3 Å². The third-order valence-electron chi connectivity index (χ3n) is 2.50. The summed E-state index contributed by atoms with van der Waals surface area (Å²) in [7, 11) is 0. The van der Waals surface area contributed by atoms with Crippen molar-refractivity contribution in [2.24, 2.45) is 0 Å². The van der Waals surface area contributed by atoms with Crippen molar-refractivity contribution in [1.29, 1.82) is 0 Å². The number of nitrogens with one attached hydrogen (secondary N) is 1. The molecule has 0 aliphatic carbocycles. The van der Waals surface area contributed by atoms with Crippen molar-refractivity contribution in [3.63, 3.8) is 0 Å². The summed E-state index contributed by atoms with van der Waals surface area (Å²) in [5, 5.41) is 14.9. The van der Waals surface area contributed by atoms with Gasteiger partial charge < -0.3 is 0 Å². The lowest BCUT2D eigenvalue weighted by Crippen LogP contribution is -2.13. The van der Waals surface area contributed by atoms with Gasteiger partial charge in [0.1, 0.15) is 0 Å². The minimum atomic E-state index is -0.285. The number of tetrazole rings is 1. The number of hydrogen-bond acceptors (Lipinski definition) is 4. The monoisotopic (exact) mass is 279 g/mol. The number of hydrogen-bond donors (Lipinski definition) is 1. The third-order valence-corrected chi connectivity index (χ3v) is 2.75. The Labute approximate surface area is 115 Å². The molecule has 0 unspecified atom stereocenters. The van der Waals surface area contributed by atoms with Gasteiger partial charge in [-0.15, -0.1) is 5.10 Å². The number of rotatable bonds is 5. The summed E-state index contributed by atoms with van der Waals surface area (Å²) in [6.45, 7) is 2.78. The van der Waals surface area contributed by atoms with E-state index in [0.717, 1.165) is 12.8 Å². The van der Waals surface area contributed by atoms with Gasteiger partial charge in [-0.1, -0.05) is 30.0 Å². The van der Waals surface area contributed by atoms with Crippen molar-refractivity contribution in [3.8, 4) is 0 Å². The molecular formula is C12H14ClN5O. The van der Waals surface area contributed by atoms with Gasteiger partial charge in [0.2, 0.25) is 0 Å². The maximum Gasteiger partial charge on any atom is 0.270 e. The molecule has 0 radical (unpaired) electrons. The van der Waals surface area contributed by atoms with Crippen LogP contribution in [-0.4, -0.2) is 26.1 Å². The van der Waals surface area contributed by atoms with Gasteiger partial charge in [-0.05, 0) is 35.9 Å². The van der Waals surface area contributed by atoms with E-state index in [9.17, 15) is 4.79 Å². The highest BCUT2D eigenvalue weighted by molar-refractivity contribution is 6.30. The van der Waals surface area contributed by atoms with Crippen LogP contribution in [0.4, 0.5) is 5.95 Å². The number of aryl methyl sites for hydroxylation is 1. The van der Waals surface area contributed by atoms with Crippen LogP contribution in [0, 0.1) is 0 Å². The van der Waals surface area contributed by atoms with Gasteiger partial charge in [0, 0.05) is 10.6 Å². The second kappa shape index (κ2) is 6.29. The van der Waals surface area contributed by atoms with Crippen LogP contribution in [0.15, 0.2) is 24.3 Å². The van der Waals surface area contributed by atoms with Crippen LogP contribution in [0.1, 0.15) is 30.1 Å². The lowest BCUT2D eigenvalue weighted by molar-refractivity contribution is 0.102. The molecule has 6 nitrogen and oxygen atoms in total. The molecule has 0 saturated carbocycles. The van der Waals surface area contributed by atoms with Crippen molar-refractivity contribution in [2.75, 3.05) is 5.32 Å². The number of halogens is 1. The van der Waals surface area contributed by atoms with Gasteiger partial charge in [-0.3, -0.25) is 10.1 Å². The first-order valence-corrected chi connectivity index (χ1v) is 6.41. The summed E-state index contributed by atoms with van der Waals surface area (Å²) >= 11 is 5.76. The molecule has 1 N–H and O–H groups in total. The highest BCUT2D eigenvalue weighted by atomic mass is 35.5. The fourth-order valence-corrected chi connectivity index (χ4v) is 1.59. The first-order valence-electron chi connectivity index (χ1n) is 6.04. The van der Waals surface area contributed by atoms with Crippen LogP contribution in [0.2, 0.25) is 5.02 Å². The molecule has 0 aliphatic heterocycles. The molecule has 7 heteroatoms. The summed E-state index contributed by atoms with van der Waals surface area (Å²) in [5.41, 5.74) is 0.495. The number of benzene rings is 1. The maximum atomic E-state index is 11.9. The number of nitrogens with zero attached hydrogens (tertiary/aromatic N) is 4. The lowest BCUT2D eigenvalue weighted by atomic mass is 10.2. The van der Waals surface area contributed by atoms with Crippen molar-refractivity contribution < 1.29 is 4.79 Å². The third kappa shape index (κ3) is 3.75. The Bertz CT molecular complexity index is 552. The highest BCUT2D eigenvalue weighted by Crippen LogP contribution is 2.10. The number of carbonyl (C=O) groups excluding carboxylic acids is 1. The Kier molecular flexibility index (Phi) is 4.46. The molecule has 0 fully saturated rings. The van der Waals surface area contributed by atoms with Crippen molar-refractivity contribution in [1.82, 2.24) is 20.2 Å². The number of carbonyl (C=O) groups is 1. The minimum absolute atomic E-state index is 0.205. The molecule has 2 aromatic rings. The van der Waals surface area contributed by atoms with Crippen LogP contribution in [-0.2, 0) is 6.54 Å². The number of aromatic nitrogens is 4. The lowest BCUT2D eigenvalue weighted by Gasteiger charge is -2.00. The average Bonchev–Trinajstić information content (AvgIpc) is 2.84. The molecule has 1 aromatic carbocycles. The van der Waals surface area contributed by atoms with Gasteiger partial charge in [0.15, 0.2) is 0 Å². The zero-order valence-corrected chi connectivity index (χ0v) is 11.3. The second-order valence-corrected chi connectivity index (χ2v) is 4.46. The van der Waals surface area contributed by atoms with Gasteiger partial charge >= 0.3 is 0 Å². The molecule has 0 spiro atoms. The van der Waals surface area contributed by atoms with Crippen LogP contribution in [0.5, 0.6) is 0 Å². The number of unbranched alkanes of at least 4 members (excludes halogenated alkanes) is 1. The Hall–Kier alpha value is -1.95. The fraction of sp³-hybridized carbons (Fsp3) is 0.333. The van der Waals surface area contributed by atoms with E-state index in [1.807, 2.05) is 0 Å². The maximum absolute atomic E-state index is 11.9. The molecule has 0 aliphatic rings. The van der Waals surface area contributed by atoms with Crippen LogP contribution in [0.3, 0.4) is 0 Å². The Morgan fingerprint density at radius 3 is 2.79 bits per heavy atom. The van der Waals surface area contributed by atoms with Gasteiger partial charge in [0.05, 0.1) is 6.54 Å². The number of amides is 1. The number of anilines is 1. The second-order valence-electron chi connectivity index (χ2n) is 4.02. The molecule has 19 heavy (non-hydrogen) atoms. The Balaban J connectivity index is 1.98. The average molecular weight is 280 g/mol. The van der Waals surface area contributed by atoms with Gasteiger partial charge in [-0.25, -0.2) is 0 Å². The summed E-state index contributed by atoms with van der Waals surface area (Å²) in [6.07, 6.45) is 2.02. The highest BCUT2D eigenvalue weighted by Gasteiger charge is 2.09. The van der Waals surface area contributed by atoms with Crippen LogP contribution in [0.25, 0.3) is 0 Å². The first-order chi connectivity index (χ1) is 9.19. The first kappa shape index (κ1) is 13.5. The molecule has 0 atom stereocenters. The van der Waals surface area contributed by atoms with E-state index >= 15 is 0 Å². The predicted molar refractivity (Wildman–Crippen MR) is 72.1 cm³/mol. The normalized spacial score (nSPS) is 10.4. The van der Waals surface area contributed by atoms with Crippen molar-refractivity contribution in [2.45, 2.75) is 26.3 Å². The topological polar surface area (TPSA) is 72.7 Å². The predicted octanol–water partition coefficient (Wildman–Crippen LogP) is 2.38. The van der Waals surface area contributed by atoms with Gasteiger partial charge in [0.25, 0.3) is 11.9 Å². The fourth-order valence-electron chi connectivity index (χ4n) is 1.46. The smallest absolute Gasteiger partial charge is 0.270 e. The Morgan fingerprint density at radius 1 is 1.37 bits per heavy atom. The van der Waals surface area contributed by atoms with Crippen molar-refractivity contribution >= 4 is 23.5 Å². The van der Waals surface area contributed by atoms with Crippen LogP contribution < -0.4 is 5.32 Å². The molecule has 0 saturated heterocycles. The van der Waals surface area contributed by atoms with E-state index in [1.165, 1.54) is 4.80 Å². The summed E-state index contributed by atoms with van der Waals surface area (Å²) in [5.74, 6) is -0.0808. The largest absolute Gasteiger partial charge is 0.288 e. The van der Waals surface area contributed by atoms with E-state index in [-0.39, 0.29) is 11.9 Å². The molecular weight excluding hydrogens is 266 g/mol. The summed E-state index contributed by atoms with van der Waals surface area (Å²) in [4.78, 5) is 13.4. The molecule has 1 heterocycles. The molecule has 0 bridgehead atoms. The molecule has 100 valence electrons. The zero-order chi connectivity index (χ0) is 13.7. The van der Waals surface area contributed by atoms with Crippen LogP contribution >= 0.6 is 11.6 Å². The summed E-state index contributed by atoms with van der Waals surface area (Å²) in [6, 6.07) is 6.59. The van der Waals surface area contributed by atoms with E-state index < -0.39 is 0 Å². The minimum Gasteiger partial charge on any atom is -0.288 e. The quantitative estimate of drug-likeness (QED) is 0.912. The molecule has 2 rings (SSSR count). The van der Waals surface area contributed by atoms with Gasteiger partial charge in [-0.2, -0.15) is 4.80 Å². The molecule has 1 aromatic heterocycles. The molecule has 1 amide bonds. The van der Waals surface area contributed by atoms with E-state index in [0.29, 0.717) is 17.1 Å². The summed E-state index contributed by atoms with van der Waals surface area (Å²) < 4.78 is 0.